The van der Waals surface area contributed by atoms with Crippen molar-refractivity contribution in [2.24, 2.45) is 5.92 Å². The largest absolute Gasteiger partial charge is 0.507 e. The Balaban J connectivity index is 2.39. The molecule has 0 amide bonds. The number of carbonyl (C=O) groups excluding carboxylic acids is 2. The summed E-state index contributed by atoms with van der Waals surface area (Å²) in [5.41, 5.74) is 0.794. The second-order valence-electron chi connectivity index (χ2n) is 4.94. The molecule has 1 aromatic rings. The number of phenolic OH excluding ortho intramolecular Hbond substituents is 2. The average molecular weight is 256 g/mol. The number of hydrogen-bond donors (Lipinski definition) is 2. The van der Waals surface area contributed by atoms with Crippen molar-refractivity contribution in [2.45, 2.75) is 13.3 Å². The molecule has 0 heterocycles. The maximum absolute atomic E-state index is 11.8. The fraction of sp³-hybridized carbons (Fsp3) is 0.200. The van der Waals surface area contributed by atoms with Crippen molar-refractivity contribution in [1.82, 2.24) is 0 Å². The lowest BCUT2D eigenvalue weighted by atomic mass is 9.82. The molecule has 1 atom stereocenters. The van der Waals surface area contributed by atoms with Crippen LogP contribution in [-0.2, 0) is 6.42 Å². The molecule has 4 heteroatoms. The van der Waals surface area contributed by atoms with Crippen LogP contribution in [0.2, 0.25) is 0 Å². The number of phenols is 2. The van der Waals surface area contributed by atoms with Crippen LogP contribution in [0, 0.1) is 5.92 Å². The monoisotopic (exact) mass is 256 g/mol. The molecule has 4 nitrogen and oxygen atoms in total. The van der Waals surface area contributed by atoms with Gasteiger partial charge in [-0.25, -0.2) is 0 Å². The maximum atomic E-state index is 11.8. The lowest BCUT2D eigenvalue weighted by Crippen LogP contribution is -2.16. The van der Waals surface area contributed by atoms with E-state index in [1.54, 1.807) is 6.08 Å². The highest BCUT2D eigenvalue weighted by Crippen LogP contribution is 2.43. The fourth-order valence-corrected chi connectivity index (χ4v) is 2.63. The Morgan fingerprint density at radius 2 is 1.58 bits per heavy atom. The number of benzene rings is 1. The molecule has 96 valence electrons. The van der Waals surface area contributed by atoms with Crippen molar-refractivity contribution < 1.29 is 19.8 Å². The van der Waals surface area contributed by atoms with Gasteiger partial charge >= 0.3 is 0 Å². The number of hydrogen-bond acceptors (Lipinski definition) is 4. The van der Waals surface area contributed by atoms with Crippen LogP contribution in [0.5, 0.6) is 11.5 Å². The maximum Gasteiger partial charge on any atom is 0.190 e. The first kappa shape index (κ1) is 11.7. The third-order valence-electron chi connectivity index (χ3n) is 3.59. The Morgan fingerprint density at radius 3 is 2.21 bits per heavy atom. The van der Waals surface area contributed by atoms with Crippen LogP contribution in [0.4, 0.5) is 0 Å². The molecule has 0 aliphatic heterocycles. The second kappa shape index (κ2) is 3.82. The van der Waals surface area contributed by atoms with Gasteiger partial charge in [-0.1, -0.05) is 19.1 Å². The summed E-state index contributed by atoms with van der Waals surface area (Å²) in [7, 11) is 0. The van der Waals surface area contributed by atoms with Crippen LogP contribution in [0.1, 0.15) is 38.8 Å². The smallest absolute Gasteiger partial charge is 0.190 e. The topological polar surface area (TPSA) is 74.6 Å². The summed E-state index contributed by atoms with van der Waals surface area (Å²) < 4.78 is 0. The first-order valence-corrected chi connectivity index (χ1v) is 6.06. The van der Waals surface area contributed by atoms with Gasteiger partial charge in [0.25, 0.3) is 0 Å². The van der Waals surface area contributed by atoms with Crippen molar-refractivity contribution >= 4 is 17.6 Å². The number of allylic oxidation sites excluding steroid dienone is 3. The van der Waals surface area contributed by atoms with Gasteiger partial charge in [-0.3, -0.25) is 9.59 Å². The Morgan fingerprint density at radius 1 is 1.00 bits per heavy atom. The van der Waals surface area contributed by atoms with E-state index < -0.39 is 11.6 Å². The summed E-state index contributed by atoms with van der Waals surface area (Å²) in [5, 5.41) is 20.5. The third kappa shape index (κ3) is 1.53. The minimum absolute atomic E-state index is 0.0775. The molecule has 0 saturated heterocycles. The zero-order valence-electron chi connectivity index (χ0n) is 10.3. The van der Waals surface area contributed by atoms with Crippen LogP contribution in [0.15, 0.2) is 18.2 Å². The summed E-state index contributed by atoms with van der Waals surface area (Å²) in [4.78, 5) is 23.7. The van der Waals surface area contributed by atoms with Gasteiger partial charge in [0.15, 0.2) is 11.6 Å². The van der Waals surface area contributed by atoms with E-state index in [1.165, 1.54) is 0 Å². The Hall–Kier alpha value is -2.36. The van der Waals surface area contributed by atoms with E-state index in [2.05, 4.69) is 0 Å². The number of carbonyl (C=O) groups is 2. The molecule has 0 spiro atoms. The van der Waals surface area contributed by atoms with Crippen LogP contribution in [0.25, 0.3) is 6.08 Å². The fourth-order valence-electron chi connectivity index (χ4n) is 2.63. The molecular weight excluding hydrogens is 244 g/mol. The molecule has 0 saturated carbocycles. The highest BCUT2D eigenvalue weighted by Gasteiger charge is 2.32. The third-order valence-corrected chi connectivity index (χ3v) is 3.59. The van der Waals surface area contributed by atoms with Crippen LogP contribution >= 0.6 is 0 Å². The van der Waals surface area contributed by atoms with E-state index in [0.29, 0.717) is 17.5 Å². The summed E-state index contributed by atoms with van der Waals surface area (Å²) >= 11 is 0. The zero-order chi connectivity index (χ0) is 13.7. The molecule has 1 unspecified atom stereocenters. The molecule has 2 aliphatic carbocycles. The van der Waals surface area contributed by atoms with Crippen molar-refractivity contribution in [3.63, 3.8) is 0 Å². The van der Waals surface area contributed by atoms with E-state index in [4.69, 9.17) is 0 Å². The molecular formula is C15H12O4. The van der Waals surface area contributed by atoms with Crippen molar-refractivity contribution in [2.75, 3.05) is 0 Å². The number of rotatable bonds is 0. The van der Waals surface area contributed by atoms with Crippen LogP contribution < -0.4 is 0 Å². The molecule has 0 aromatic heterocycles. The lowest BCUT2D eigenvalue weighted by molar-refractivity contribution is 0.0989. The first-order valence-electron chi connectivity index (χ1n) is 6.06. The number of aromatic hydroxyl groups is 2. The number of fused-ring (bicyclic) bond motifs is 2. The zero-order valence-corrected chi connectivity index (χ0v) is 10.3. The van der Waals surface area contributed by atoms with E-state index in [9.17, 15) is 19.8 Å². The molecule has 0 fully saturated rings. The Labute approximate surface area is 109 Å². The van der Waals surface area contributed by atoms with Gasteiger partial charge < -0.3 is 10.2 Å². The highest BCUT2D eigenvalue weighted by atomic mass is 16.3. The molecule has 2 N–H and O–H groups in total. The van der Waals surface area contributed by atoms with Gasteiger partial charge in [0.05, 0.1) is 11.1 Å². The van der Waals surface area contributed by atoms with E-state index in [-0.39, 0.29) is 28.5 Å². The Bertz CT molecular complexity index is 680. The van der Waals surface area contributed by atoms with Crippen LogP contribution in [-0.4, -0.2) is 21.8 Å². The predicted octanol–water partition coefficient (Wildman–Crippen LogP) is 2.24. The molecule has 3 rings (SSSR count). The minimum Gasteiger partial charge on any atom is -0.507 e. The normalized spacial score (nSPS) is 20.4. The van der Waals surface area contributed by atoms with Gasteiger partial charge in [0.1, 0.15) is 11.5 Å². The standard InChI is InChI=1S/C15H12O4/c1-7-2-3-8-9(6-7)15(19)13-11(17)5-4-10(16)12(13)14(8)18/h2-5,7,18-19H,6H2,1H3. The predicted molar refractivity (Wildman–Crippen MR) is 69.5 cm³/mol. The van der Waals surface area contributed by atoms with E-state index >= 15 is 0 Å². The lowest BCUT2D eigenvalue weighted by Gasteiger charge is -2.23. The molecule has 2 aliphatic rings. The quantitative estimate of drug-likeness (QED) is 0.698. The average Bonchev–Trinajstić information content (AvgIpc) is 2.38. The SMILES string of the molecule is CC1C=Cc2c(O)c3c(c(O)c2C1)C(=O)C=CC3=O. The summed E-state index contributed by atoms with van der Waals surface area (Å²) in [6.07, 6.45) is 6.36. The van der Waals surface area contributed by atoms with Crippen molar-refractivity contribution in [3.05, 3.63) is 40.5 Å². The molecule has 1 aromatic carbocycles. The van der Waals surface area contributed by atoms with Gasteiger partial charge in [-0.2, -0.15) is 0 Å². The second-order valence-corrected chi connectivity index (χ2v) is 4.94. The van der Waals surface area contributed by atoms with Gasteiger partial charge in [-0.05, 0) is 24.5 Å². The summed E-state index contributed by atoms with van der Waals surface area (Å²) in [5.74, 6) is -1.10. The number of ketones is 2. The molecule has 0 radical (unpaired) electrons. The van der Waals surface area contributed by atoms with E-state index in [0.717, 1.165) is 12.2 Å². The summed E-state index contributed by atoms with van der Waals surface area (Å²) in [6, 6.07) is 0. The van der Waals surface area contributed by atoms with Crippen molar-refractivity contribution in [3.8, 4) is 11.5 Å². The van der Waals surface area contributed by atoms with E-state index in [1.807, 2.05) is 13.0 Å². The van der Waals surface area contributed by atoms with Gasteiger partial charge in [-0.15, -0.1) is 0 Å². The van der Waals surface area contributed by atoms with Crippen LogP contribution in [0.3, 0.4) is 0 Å². The first-order chi connectivity index (χ1) is 9.00. The Kier molecular flexibility index (Phi) is 2.35. The minimum atomic E-state index is -0.461. The summed E-state index contributed by atoms with van der Waals surface area (Å²) in [6.45, 7) is 1.97. The van der Waals surface area contributed by atoms with Gasteiger partial charge in [0.2, 0.25) is 0 Å². The molecule has 0 bridgehead atoms. The highest BCUT2D eigenvalue weighted by molar-refractivity contribution is 6.25. The van der Waals surface area contributed by atoms with Gasteiger partial charge in [0, 0.05) is 11.1 Å². The molecule has 19 heavy (non-hydrogen) atoms. The van der Waals surface area contributed by atoms with Crippen molar-refractivity contribution in [1.29, 1.82) is 0 Å².